The Kier molecular flexibility index (Phi) is 4.81. The van der Waals surface area contributed by atoms with Crippen LogP contribution in [-0.2, 0) is 14.3 Å². The van der Waals surface area contributed by atoms with E-state index < -0.39 is 35.0 Å². The molecule has 6 nitrogen and oxygen atoms in total. The maximum atomic E-state index is 12.4. The fraction of sp³-hybridized carbons (Fsp3) is 0.667. The van der Waals surface area contributed by atoms with Gasteiger partial charge in [0.2, 0.25) is 5.91 Å². The second-order valence-electron chi connectivity index (χ2n) is 6.27. The number of ether oxygens (including phenoxy) is 1. The molecule has 0 aromatic carbocycles. The first kappa shape index (κ1) is 17.2. The van der Waals surface area contributed by atoms with Crippen molar-refractivity contribution in [1.29, 1.82) is 0 Å². The largest absolute Gasteiger partial charge is 0.479 e. The first-order chi connectivity index (χ1) is 9.59. The summed E-state index contributed by atoms with van der Waals surface area (Å²) in [5.41, 5.74) is -2.33. The van der Waals surface area contributed by atoms with Crippen LogP contribution in [0.3, 0.4) is 0 Å². The molecule has 0 spiro atoms. The second kappa shape index (κ2) is 5.87. The highest BCUT2D eigenvalue weighted by Gasteiger charge is 2.58. The number of hydrogen-bond donors (Lipinski definition) is 1. The lowest BCUT2D eigenvalue weighted by Gasteiger charge is -2.33. The van der Waals surface area contributed by atoms with Gasteiger partial charge in [0.1, 0.15) is 5.60 Å². The van der Waals surface area contributed by atoms with Crippen LogP contribution in [0, 0.1) is 5.92 Å². The van der Waals surface area contributed by atoms with Crippen molar-refractivity contribution in [2.75, 3.05) is 0 Å². The molecule has 2 amide bonds. The molecule has 0 aromatic rings. The van der Waals surface area contributed by atoms with Crippen LogP contribution in [0.4, 0.5) is 4.79 Å². The molecule has 1 aliphatic rings. The Labute approximate surface area is 124 Å². The minimum absolute atomic E-state index is 0.0862. The zero-order chi connectivity index (χ0) is 16.4. The number of rotatable bonds is 4. The maximum Gasteiger partial charge on any atom is 0.418 e. The smallest absolute Gasteiger partial charge is 0.418 e. The zero-order valence-electron chi connectivity index (χ0n) is 13.0. The highest BCUT2D eigenvalue weighted by Crippen LogP contribution is 2.39. The molecule has 1 aliphatic heterocycles. The minimum atomic E-state index is -1.53. The molecule has 6 heteroatoms. The Morgan fingerprint density at radius 3 is 2.48 bits per heavy atom. The molecule has 0 aliphatic carbocycles. The quantitative estimate of drug-likeness (QED) is 0.806. The van der Waals surface area contributed by atoms with Crippen LogP contribution in [0.5, 0.6) is 0 Å². The number of carboxylic acids is 1. The molecule has 1 saturated heterocycles. The number of aliphatic carboxylic acids is 1. The number of amides is 2. The number of hydrogen-bond acceptors (Lipinski definition) is 4. The van der Waals surface area contributed by atoms with Crippen LogP contribution in [-0.4, -0.2) is 39.1 Å². The van der Waals surface area contributed by atoms with Gasteiger partial charge in [0, 0.05) is 5.92 Å². The molecule has 21 heavy (non-hydrogen) atoms. The summed E-state index contributed by atoms with van der Waals surface area (Å²) in [5.74, 6) is -2.24. The van der Waals surface area contributed by atoms with E-state index in [1.807, 2.05) is 0 Å². The van der Waals surface area contributed by atoms with Gasteiger partial charge >= 0.3 is 12.1 Å². The summed E-state index contributed by atoms with van der Waals surface area (Å²) in [6.45, 7) is 10.2. The first-order valence-corrected chi connectivity index (χ1v) is 7.00. The summed E-state index contributed by atoms with van der Waals surface area (Å²) in [4.78, 5) is 37.2. The summed E-state index contributed by atoms with van der Waals surface area (Å²) in [7, 11) is 0. The van der Waals surface area contributed by atoms with Gasteiger partial charge in [-0.3, -0.25) is 4.79 Å². The van der Waals surface area contributed by atoms with Crippen molar-refractivity contribution in [3.8, 4) is 0 Å². The summed E-state index contributed by atoms with van der Waals surface area (Å²) in [6.07, 6.45) is 1.23. The molecular formula is C15H23NO5. The number of likely N-dealkylation sites (tertiary alicyclic amines) is 1. The van der Waals surface area contributed by atoms with Gasteiger partial charge in [-0.1, -0.05) is 13.0 Å². The first-order valence-electron chi connectivity index (χ1n) is 7.00. The van der Waals surface area contributed by atoms with Crippen molar-refractivity contribution in [3.05, 3.63) is 12.7 Å². The Morgan fingerprint density at radius 2 is 2.10 bits per heavy atom. The molecule has 0 bridgehead atoms. The van der Waals surface area contributed by atoms with Crippen molar-refractivity contribution in [2.45, 2.75) is 58.1 Å². The molecule has 118 valence electrons. The lowest BCUT2D eigenvalue weighted by Crippen LogP contribution is -2.55. The number of carbonyl (C=O) groups is 3. The average molecular weight is 297 g/mol. The fourth-order valence-electron chi connectivity index (χ4n) is 2.57. The predicted octanol–water partition coefficient (Wildman–Crippen LogP) is 2.58. The molecular weight excluding hydrogens is 274 g/mol. The van der Waals surface area contributed by atoms with E-state index in [0.29, 0.717) is 6.42 Å². The summed E-state index contributed by atoms with van der Waals surface area (Å²) >= 11 is 0. The summed E-state index contributed by atoms with van der Waals surface area (Å²) in [6, 6.07) is 0. The highest BCUT2D eigenvalue weighted by molar-refractivity contribution is 6.02. The second-order valence-corrected chi connectivity index (χ2v) is 6.27. The van der Waals surface area contributed by atoms with Gasteiger partial charge in [-0.15, -0.1) is 6.58 Å². The van der Waals surface area contributed by atoms with Gasteiger partial charge in [0.15, 0.2) is 5.54 Å². The SMILES string of the molecule is C=CC[C@@H]1C[C@@](CC)(C(=O)O)N(C(=O)OC(C)(C)C)C1=O. The topological polar surface area (TPSA) is 83.9 Å². The minimum Gasteiger partial charge on any atom is -0.479 e. The van der Waals surface area contributed by atoms with E-state index >= 15 is 0 Å². The number of allylic oxidation sites excluding steroid dienone is 1. The summed E-state index contributed by atoms with van der Waals surface area (Å²) in [5, 5.41) is 9.56. The zero-order valence-corrected chi connectivity index (χ0v) is 13.0. The van der Waals surface area contributed by atoms with E-state index in [2.05, 4.69) is 6.58 Å². The standard InChI is InChI=1S/C15H23NO5/c1-6-8-10-9-15(7-2,12(18)19)16(11(10)17)13(20)21-14(3,4)5/h6,10H,1,7-9H2,2-5H3,(H,18,19)/t10-,15+/m1/s1. The molecule has 0 unspecified atom stereocenters. The van der Waals surface area contributed by atoms with Crippen LogP contribution in [0.25, 0.3) is 0 Å². The van der Waals surface area contributed by atoms with Crippen molar-refractivity contribution in [2.24, 2.45) is 5.92 Å². The summed E-state index contributed by atoms with van der Waals surface area (Å²) < 4.78 is 5.20. The van der Waals surface area contributed by atoms with E-state index in [1.54, 1.807) is 33.8 Å². The number of imide groups is 1. The van der Waals surface area contributed by atoms with Crippen molar-refractivity contribution in [1.82, 2.24) is 4.90 Å². The Morgan fingerprint density at radius 1 is 1.52 bits per heavy atom. The lowest BCUT2D eigenvalue weighted by molar-refractivity contribution is -0.153. The van der Waals surface area contributed by atoms with Gasteiger partial charge in [0.25, 0.3) is 0 Å². The molecule has 1 fully saturated rings. The van der Waals surface area contributed by atoms with Crippen LogP contribution >= 0.6 is 0 Å². The molecule has 0 aromatic heterocycles. The van der Waals surface area contributed by atoms with Gasteiger partial charge < -0.3 is 9.84 Å². The van der Waals surface area contributed by atoms with Gasteiger partial charge in [-0.05, 0) is 40.0 Å². The lowest BCUT2D eigenvalue weighted by atomic mass is 9.88. The molecule has 0 saturated carbocycles. The van der Waals surface area contributed by atoms with E-state index in [9.17, 15) is 19.5 Å². The molecule has 2 atom stereocenters. The Balaban J connectivity index is 3.21. The molecule has 1 rings (SSSR count). The van der Waals surface area contributed by atoms with Gasteiger partial charge in [0.05, 0.1) is 0 Å². The normalized spacial score (nSPS) is 25.8. The van der Waals surface area contributed by atoms with E-state index in [4.69, 9.17) is 4.74 Å². The highest BCUT2D eigenvalue weighted by atomic mass is 16.6. The van der Waals surface area contributed by atoms with Gasteiger partial charge in [-0.2, -0.15) is 0 Å². The van der Waals surface area contributed by atoms with Gasteiger partial charge in [-0.25, -0.2) is 14.5 Å². The number of carbonyl (C=O) groups excluding carboxylic acids is 2. The third kappa shape index (κ3) is 3.25. The van der Waals surface area contributed by atoms with Crippen molar-refractivity contribution >= 4 is 18.0 Å². The Hall–Kier alpha value is -1.85. The van der Waals surface area contributed by atoms with E-state index in [1.165, 1.54) is 0 Å². The maximum absolute atomic E-state index is 12.4. The van der Waals surface area contributed by atoms with Crippen molar-refractivity contribution < 1.29 is 24.2 Å². The molecule has 1 N–H and O–H groups in total. The van der Waals surface area contributed by atoms with Crippen LogP contribution in [0.15, 0.2) is 12.7 Å². The third-order valence-corrected chi connectivity index (χ3v) is 3.59. The number of carboxylic acid groups (broad SMARTS) is 1. The monoisotopic (exact) mass is 297 g/mol. The average Bonchev–Trinajstić information content (AvgIpc) is 2.62. The molecule has 1 heterocycles. The number of nitrogens with zero attached hydrogens (tertiary/aromatic N) is 1. The Bertz CT molecular complexity index is 465. The fourth-order valence-corrected chi connectivity index (χ4v) is 2.57. The van der Waals surface area contributed by atoms with Crippen LogP contribution < -0.4 is 0 Å². The van der Waals surface area contributed by atoms with Crippen molar-refractivity contribution in [3.63, 3.8) is 0 Å². The third-order valence-electron chi connectivity index (χ3n) is 3.59. The molecule has 0 radical (unpaired) electrons. The van der Waals surface area contributed by atoms with Crippen LogP contribution in [0.1, 0.15) is 47.0 Å². The predicted molar refractivity (Wildman–Crippen MR) is 76.7 cm³/mol. The van der Waals surface area contributed by atoms with Crippen LogP contribution in [0.2, 0.25) is 0 Å². The van der Waals surface area contributed by atoms with E-state index in [-0.39, 0.29) is 12.8 Å². The van der Waals surface area contributed by atoms with E-state index in [0.717, 1.165) is 4.90 Å².